The SMILES string of the molecule is C[C@@H](N)c1ccc(Br)cc1OCC(=O)NC1CC1. The molecule has 3 N–H and O–H groups in total. The minimum atomic E-state index is -0.125. The molecule has 0 spiro atoms. The molecule has 1 atom stereocenters. The predicted octanol–water partition coefficient (Wildman–Crippen LogP) is 2.13. The summed E-state index contributed by atoms with van der Waals surface area (Å²) in [5.74, 6) is 0.582. The Kier molecular flexibility index (Phi) is 4.24. The lowest BCUT2D eigenvalue weighted by Gasteiger charge is -2.14. The third-order valence-electron chi connectivity index (χ3n) is 2.77. The first kappa shape index (κ1) is 13.4. The number of amides is 1. The summed E-state index contributed by atoms with van der Waals surface area (Å²) in [6, 6.07) is 5.89. The van der Waals surface area contributed by atoms with Gasteiger partial charge in [0, 0.05) is 22.1 Å². The number of halogens is 1. The second-order valence-electron chi connectivity index (χ2n) is 4.60. The highest BCUT2D eigenvalue weighted by atomic mass is 79.9. The van der Waals surface area contributed by atoms with E-state index in [0.717, 1.165) is 22.9 Å². The summed E-state index contributed by atoms with van der Waals surface area (Å²) in [5.41, 5.74) is 6.77. The lowest BCUT2D eigenvalue weighted by Crippen LogP contribution is -2.30. The fourth-order valence-electron chi connectivity index (χ4n) is 1.65. The fourth-order valence-corrected chi connectivity index (χ4v) is 1.99. The van der Waals surface area contributed by atoms with E-state index in [4.69, 9.17) is 10.5 Å². The molecule has 1 fully saturated rings. The van der Waals surface area contributed by atoms with Gasteiger partial charge in [-0.3, -0.25) is 4.79 Å². The highest BCUT2D eigenvalue weighted by molar-refractivity contribution is 9.10. The highest BCUT2D eigenvalue weighted by Crippen LogP contribution is 2.27. The second kappa shape index (κ2) is 5.71. The topological polar surface area (TPSA) is 64.3 Å². The molecule has 1 aliphatic rings. The van der Waals surface area contributed by atoms with Crippen molar-refractivity contribution in [3.63, 3.8) is 0 Å². The molecule has 4 nitrogen and oxygen atoms in total. The number of carbonyl (C=O) groups is 1. The lowest BCUT2D eigenvalue weighted by molar-refractivity contribution is -0.123. The first-order chi connectivity index (χ1) is 8.56. The van der Waals surface area contributed by atoms with Crippen molar-refractivity contribution in [2.75, 3.05) is 6.61 Å². The minimum Gasteiger partial charge on any atom is -0.483 e. The van der Waals surface area contributed by atoms with Crippen LogP contribution in [0.3, 0.4) is 0 Å². The molecule has 1 aliphatic carbocycles. The smallest absolute Gasteiger partial charge is 0.258 e. The number of carbonyl (C=O) groups excluding carboxylic acids is 1. The quantitative estimate of drug-likeness (QED) is 0.875. The standard InChI is InChI=1S/C13H17BrN2O2/c1-8(15)11-5-2-9(14)6-12(11)18-7-13(17)16-10-3-4-10/h2,5-6,8,10H,3-4,7,15H2,1H3,(H,16,17)/t8-/m1/s1. The van der Waals surface area contributed by atoms with E-state index in [1.807, 2.05) is 25.1 Å². The van der Waals surface area contributed by atoms with Crippen LogP contribution in [0.15, 0.2) is 22.7 Å². The maximum Gasteiger partial charge on any atom is 0.258 e. The molecule has 0 bridgehead atoms. The fraction of sp³-hybridized carbons (Fsp3) is 0.462. The van der Waals surface area contributed by atoms with Crippen LogP contribution in [-0.2, 0) is 4.79 Å². The van der Waals surface area contributed by atoms with Gasteiger partial charge in [-0.05, 0) is 31.9 Å². The minimum absolute atomic E-state index is 0.0344. The Labute approximate surface area is 115 Å². The number of hydrogen-bond donors (Lipinski definition) is 2. The van der Waals surface area contributed by atoms with E-state index < -0.39 is 0 Å². The molecule has 1 amide bonds. The van der Waals surface area contributed by atoms with Gasteiger partial charge < -0.3 is 15.8 Å². The summed E-state index contributed by atoms with van der Waals surface area (Å²) in [5, 5.41) is 2.88. The van der Waals surface area contributed by atoms with Crippen LogP contribution < -0.4 is 15.8 Å². The second-order valence-corrected chi connectivity index (χ2v) is 5.52. The van der Waals surface area contributed by atoms with Gasteiger partial charge in [-0.2, -0.15) is 0 Å². The molecule has 0 aromatic heterocycles. The first-order valence-electron chi connectivity index (χ1n) is 6.03. The number of benzene rings is 1. The number of rotatable bonds is 5. The third kappa shape index (κ3) is 3.71. The number of hydrogen-bond acceptors (Lipinski definition) is 3. The van der Waals surface area contributed by atoms with E-state index in [2.05, 4.69) is 21.2 Å². The van der Waals surface area contributed by atoms with Gasteiger partial charge in [-0.1, -0.05) is 22.0 Å². The zero-order valence-corrected chi connectivity index (χ0v) is 11.9. The maximum absolute atomic E-state index is 11.6. The van der Waals surface area contributed by atoms with Crippen LogP contribution in [0.25, 0.3) is 0 Å². The van der Waals surface area contributed by atoms with Crippen molar-refractivity contribution in [3.05, 3.63) is 28.2 Å². The molecule has 18 heavy (non-hydrogen) atoms. The normalized spacial score (nSPS) is 16.2. The van der Waals surface area contributed by atoms with Crippen LogP contribution in [0, 0.1) is 0 Å². The van der Waals surface area contributed by atoms with Crippen LogP contribution in [0.5, 0.6) is 5.75 Å². The Hall–Kier alpha value is -1.07. The van der Waals surface area contributed by atoms with Crippen molar-refractivity contribution < 1.29 is 9.53 Å². The Morgan fingerprint density at radius 3 is 2.94 bits per heavy atom. The van der Waals surface area contributed by atoms with Crippen molar-refractivity contribution in [1.82, 2.24) is 5.32 Å². The third-order valence-corrected chi connectivity index (χ3v) is 3.26. The Morgan fingerprint density at radius 2 is 2.33 bits per heavy atom. The van der Waals surface area contributed by atoms with Crippen LogP contribution >= 0.6 is 15.9 Å². The molecule has 1 saturated carbocycles. The van der Waals surface area contributed by atoms with Crippen LogP contribution in [0.2, 0.25) is 0 Å². The lowest BCUT2D eigenvalue weighted by atomic mass is 10.1. The van der Waals surface area contributed by atoms with E-state index in [9.17, 15) is 4.79 Å². The zero-order chi connectivity index (χ0) is 13.1. The molecule has 0 saturated heterocycles. The van der Waals surface area contributed by atoms with Crippen molar-refractivity contribution >= 4 is 21.8 Å². The molecule has 0 heterocycles. The summed E-state index contributed by atoms with van der Waals surface area (Å²) in [6.45, 7) is 1.92. The summed E-state index contributed by atoms with van der Waals surface area (Å²) in [7, 11) is 0. The van der Waals surface area contributed by atoms with E-state index >= 15 is 0 Å². The maximum atomic E-state index is 11.6. The largest absolute Gasteiger partial charge is 0.483 e. The summed E-state index contributed by atoms with van der Waals surface area (Å²) >= 11 is 3.38. The van der Waals surface area contributed by atoms with Crippen LogP contribution in [0.1, 0.15) is 31.4 Å². The molecular formula is C13H17BrN2O2. The average molecular weight is 313 g/mol. The predicted molar refractivity (Wildman–Crippen MR) is 73.4 cm³/mol. The Morgan fingerprint density at radius 1 is 1.61 bits per heavy atom. The molecule has 1 aromatic carbocycles. The highest BCUT2D eigenvalue weighted by Gasteiger charge is 2.23. The van der Waals surface area contributed by atoms with Gasteiger partial charge in [-0.15, -0.1) is 0 Å². The van der Waals surface area contributed by atoms with Gasteiger partial charge in [0.25, 0.3) is 5.91 Å². The Balaban J connectivity index is 1.98. The molecule has 0 radical (unpaired) electrons. The van der Waals surface area contributed by atoms with Gasteiger partial charge in [0.05, 0.1) is 0 Å². The number of nitrogens with two attached hydrogens (primary N) is 1. The zero-order valence-electron chi connectivity index (χ0n) is 10.3. The van der Waals surface area contributed by atoms with Gasteiger partial charge in [0.2, 0.25) is 0 Å². The molecule has 5 heteroatoms. The van der Waals surface area contributed by atoms with E-state index in [1.54, 1.807) is 0 Å². The Bertz CT molecular complexity index is 445. The van der Waals surface area contributed by atoms with E-state index in [-0.39, 0.29) is 18.6 Å². The van der Waals surface area contributed by atoms with Crippen molar-refractivity contribution in [2.24, 2.45) is 5.73 Å². The molecule has 0 aliphatic heterocycles. The van der Waals surface area contributed by atoms with E-state index in [1.165, 1.54) is 0 Å². The monoisotopic (exact) mass is 312 g/mol. The first-order valence-corrected chi connectivity index (χ1v) is 6.83. The summed E-state index contributed by atoms with van der Waals surface area (Å²) < 4.78 is 6.45. The molecule has 2 rings (SSSR count). The summed E-state index contributed by atoms with van der Waals surface area (Å²) in [6.07, 6.45) is 2.15. The van der Waals surface area contributed by atoms with Gasteiger partial charge in [-0.25, -0.2) is 0 Å². The molecule has 1 aromatic rings. The van der Waals surface area contributed by atoms with Crippen LogP contribution in [-0.4, -0.2) is 18.6 Å². The van der Waals surface area contributed by atoms with Gasteiger partial charge in [0.15, 0.2) is 6.61 Å². The van der Waals surface area contributed by atoms with Crippen molar-refractivity contribution in [1.29, 1.82) is 0 Å². The van der Waals surface area contributed by atoms with Crippen LogP contribution in [0.4, 0.5) is 0 Å². The number of ether oxygens (including phenoxy) is 1. The van der Waals surface area contributed by atoms with Crippen molar-refractivity contribution in [2.45, 2.75) is 31.8 Å². The van der Waals surface area contributed by atoms with Gasteiger partial charge in [0.1, 0.15) is 5.75 Å². The van der Waals surface area contributed by atoms with Crippen molar-refractivity contribution in [3.8, 4) is 5.75 Å². The molecule has 98 valence electrons. The van der Waals surface area contributed by atoms with Gasteiger partial charge >= 0.3 is 0 Å². The van der Waals surface area contributed by atoms with E-state index in [0.29, 0.717) is 11.8 Å². The molecule has 0 unspecified atom stereocenters. The summed E-state index contributed by atoms with van der Waals surface area (Å²) in [4.78, 5) is 11.6. The molecular weight excluding hydrogens is 296 g/mol. The number of nitrogens with one attached hydrogen (secondary N) is 1. The average Bonchev–Trinajstić information content (AvgIpc) is 3.10.